The normalized spacial score (nSPS) is 7.78. The molecule has 0 heterocycles. The molecule has 5 heteroatoms. The Hall–Kier alpha value is 0.260. The van der Waals surface area contributed by atoms with E-state index in [0.717, 1.165) is 12.2 Å². The third-order valence-electron chi connectivity index (χ3n) is 0.582. The summed E-state index contributed by atoms with van der Waals surface area (Å²) in [6, 6.07) is 0. The lowest BCUT2D eigenvalue weighted by atomic mass is 10.6. The van der Waals surface area contributed by atoms with E-state index in [9.17, 15) is 0 Å². The minimum atomic E-state index is 0. The van der Waals surface area contributed by atoms with Gasteiger partial charge >= 0.3 is 0 Å². The summed E-state index contributed by atoms with van der Waals surface area (Å²) in [7, 11) is 0. The van der Waals surface area contributed by atoms with Crippen LogP contribution in [0.2, 0.25) is 0 Å². The number of nitrogens with two attached hydrogens (primary N) is 1. The Bertz CT molecular complexity index is 78.2. The fraction of sp³-hybridized carbons (Fsp3) is 0.750. The van der Waals surface area contributed by atoms with Crippen molar-refractivity contribution in [1.82, 2.24) is 5.43 Å². The SMILES string of the molecule is Br.CCCSC(=N)NN. The van der Waals surface area contributed by atoms with E-state index in [1.807, 2.05) is 0 Å². The molecule has 0 aromatic rings. The molecule has 56 valence electrons. The van der Waals surface area contributed by atoms with Gasteiger partial charge in [-0.05, 0) is 6.42 Å². The summed E-state index contributed by atoms with van der Waals surface area (Å²) < 4.78 is 0. The summed E-state index contributed by atoms with van der Waals surface area (Å²) in [6.07, 6.45) is 1.08. The zero-order valence-electron chi connectivity index (χ0n) is 5.31. The second kappa shape index (κ2) is 8.26. The third-order valence-corrected chi connectivity index (χ3v) is 1.60. The first-order valence-corrected chi connectivity index (χ1v) is 3.47. The van der Waals surface area contributed by atoms with Crippen molar-refractivity contribution in [3.63, 3.8) is 0 Å². The van der Waals surface area contributed by atoms with Crippen LogP contribution in [0.25, 0.3) is 0 Å². The van der Waals surface area contributed by atoms with Gasteiger partial charge < -0.3 is 5.43 Å². The summed E-state index contributed by atoms with van der Waals surface area (Å²) >= 11 is 1.42. The van der Waals surface area contributed by atoms with E-state index in [1.54, 1.807) is 0 Å². The van der Waals surface area contributed by atoms with Crippen molar-refractivity contribution in [1.29, 1.82) is 5.41 Å². The van der Waals surface area contributed by atoms with E-state index >= 15 is 0 Å². The zero-order chi connectivity index (χ0) is 6.41. The summed E-state index contributed by atoms with van der Waals surface area (Å²) in [5.74, 6) is 5.88. The van der Waals surface area contributed by atoms with Crippen molar-refractivity contribution in [3.8, 4) is 0 Å². The maximum absolute atomic E-state index is 6.97. The first kappa shape index (κ1) is 12.0. The van der Waals surface area contributed by atoms with Crippen LogP contribution < -0.4 is 11.3 Å². The molecule has 0 spiro atoms. The second-order valence-corrected chi connectivity index (χ2v) is 2.43. The van der Waals surface area contributed by atoms with Gasteiger partial charge in [-0.2, -0.15) is 0 Å². The molecule has 0 aliphatic rings. The summed E-state index contributed by atoms with van der Waals surface area (Å²) in [4.78, 5) is 0. The standard InChI is InChI=1S/C4H11N3S.BrH/c1-2-3-8-4(5)7-6;/h2-3,6H2,1H3,(H2,5,7);1H. The number of nitrogens with one attached hydrogen (secondary N) is 2. The zero-order valence-corrected chi connectivity index (χ0v) is 7.84. The van der Waals surface area contributed by atoms with Crippen LogP contribution in [-0.2, 0) is 0 Å². The Balaban J connectivity index is 0. The maximum Gasteiger partial charge on any atom is 0.167 e. The molecule has 0 aromatic carbocycles. The number of thioether (sulfide) groups is 1. The monoisotopic (exact) mass is 213 g/mol. The van der Waals surface area contributed by atoms with Crippen LogP contribution in [0, 0.1) is 5.41 Å². The smallest absolute Gasteiger partial charge is 0.167 e. The number of amidine groups is 1. The Labute approximate surface area is 70.0 Å². The lowest BCUT2D eigenvalue weighted by molar-refractivity contribution is 1.03. The number of hydrogen-bond donors (Lipinski definition) is 3. The van der Waals surface area contributed by atoms with Gasteiger partial charge in [-0.15, -0.1) is 17.0 Å². The summed E-state index contributed by atoms with van der Waals surface area (Å²) in [5, 5.41) is 7.31. The molecule has 0 amide bonds. The number of rotatable bonds is 2. The van der Waals surface area contributed by atoms with Crippen LogP contribution in [0.1, 0.15) is 13.3 Å². The van der Waals surface area contributed by atoms with Crippen LogP contribution in [0.15, 0.2) is 0 Å². The van der Waals surface area contributed by atoms with Gasteiger partial charge in [0, 0.05) is 5.75 Å². The average Bonchev–Trinajstić information content (AvgIpc) is 1.83. The van der Waals surface area contributed by atoms with Gasteiger partial charge in [-0.25, -0.2) is 5.84 Å². The molecule has 0 atom stereocenters. The van der Waals surface area contributed by atoms with Gasteiger partial charge in [0.05, 0.1) is 0 Å². The minimum Gasteiger partial charge on any atom is -0.303 e. The molecule has 0 aliphatic heterocycles. The summed E-state index contributed by atoms with van der Waals surface area (Å²) in [5.41, 5.74) is 2.25. The quantitative estimate of drug-likeness (QED) is 0.279. The fourth-order valence-electron chi connectivity index (χ4n) is 0.246. The lowest BCUT2D eigenvalue weighted by Crippen LogP contribution is -2.26. The van der Waals surface area contributed by atoms with Gasteiger partial charge in [0.2, 0.25) is 0 Å². The minimum absolute atomic E-state index is 0. The second-order valence-electron chi connectivity index (χ2n) is 1.32. The van der Waals surface area contributed by atoms with E-state index in [4.69, 9.17) is 11.3 Å². The number of hydrogen-bond acceptors (Lipinski definition) is 3. The van der Waals surface area contributed by atoms with E-state index in [0.29, 0.717) is 5.17 Å². The highest BCUT2D eigenvalue weighted by molar-refractivity contribution is 8.93. The van der Waals surface area contributed by atoms with Crippen molar-refractivity contribution in [2.45, 2.75) is 13.3 Å². The Morgan fingerprint density at radius 3 is 2.67 bits per heavy atom. The van der Waals surface area contributed by atoms with Crippen molar-refractivity contribution in [2.75, 3.05) is 5.75 Å². The fourth-order valence-corrected chi connectivity index (χ4v) is 0.737. The Kier molecular flexibility index (Phi) is 11.0. The van der Waals surface area contributed by atoms with E-state index in [1.165, 1.54) is 11.8 Å². The van der Waals surface area contributed by atoms with Crippen LogP contribution in [-0.4, -0.2) is 10.9 Å². The van der Waals surface area contributed by atoms with E-state index in [-0.39, 0.29) is 17.0 Å². The highest BCUT2D eigenvalue weighted by atomic mass is 79.9. The predicted molar refractivity (Wildman–Crippen MR) is 48.1 cm³/mol. The van der Waals surface area contributed by atoms with Crippen molar-refractivity contribution >= 4 is 33.9 Å². The molecule has 0 unspecified atom stereocenters. The molecular formula is C4H12BrN3S. The van der Waals surface area contributed by atoms with Crippen molar-refractivity contribution < 1.29 is 0 Å². The highest BCUT2D eigenvalue weighted by Gasteiger charge is 1.88. The molecule has 0 saturated heterocycles. The third kappa shape index (κ3) is 8.26. The first-order valence-electron chi connectivity index (χ1n) is 2.49. The maximum atomic E-state index is 6.97. The average molecular weight is 214 g/mol. The van der Waals surface area contributed by atoms with Gasteiger partial charge in [0.15, 0.2) is 5.17 Å². The van der Waals surface area contributed by atoms with Gasteiger partial charge in [-0.3, -0.25) is 5.41 Å². The Morgan fingerprint density at radius 2 is 2.33 bits per heavy atom. The molecule has 9 heavy (non-hydrogen) atoms. The number of hydrazine groups is 1. The van der Waals surface area contributed by atoms with Crippen molar-refractivity contribution in [3.05, 3.63) is 0 Å². The molecule has 0 aliphatic carbocycles. The van der Waals surface area contributed by atoms with Gasteiger partial charge in [0.25, 0.3) is 0 Å². The van der Waals surface area contributed by atoms with Gasteiger partial charge in [0.1, 0.15) is 0 Å². The molecule has 4 N–H and O–H groups in total. The molecule has 0 rings (SSSR count). The van der Waals surface area contributed by atoms with E-state index in [2.05, 4.69) is 12.3 Å². The number of halogens is 1. The molecule has 0 saturated carbocycles. The first-order chi connectivity index (χ1) is 3.81. The molecule has 0 bridgehead atoms. The molecule has 3 nitrogen and oxygen atoms in total. The summed E-state index contributed by atoms with van der Waals surface area (Å²) in [6.45, 7) is 2.07. The van der Waals surface area contributed by atoms with Crippen LogP contribution in [0.4, 0.5) is 0 Å². The van der Waals surface area contributed by atoms with E-state index < -0.39 is 0 Å². The largest absolute Gasteiger partial charge is 0.303 e. The molecule has 0 fully saturated rings. The van der Waals surface area contributed by atoms with Crippen molar-refractivity contribution in [2.24, 2.45) is 5.84 Å². The van der Waals surface area contributed by atoms with Crippen LogP contribution in [0.3, 0.4) is 0 Å². The van der Waals surface area contributed by atoms with Crippen LogP contribution in [0.5, 0.6) is 0 Å². The predicted octanol–water partition coefficient (Wildman–Crippen LogP) is 1.11. The molecule has 0 aromatic heterocycles. The topological polar surface area (TPSA) is 61.9 Å². The van der Waals surface area contributed by atoms with Gasteiger partial charge in [-0.1, -0.05) is 18.7 Å². The highest BCUT2D eigenvalue weighted by Crippen LogP contribution is 1.99. The van der Waals surface area contributed by atoms with Crippen LogP contribution >= 0.6 is 28.7 Å². The Morgan fingerprint density at radius 1 is 1.78 bits per heavy atom. The lowest BCUT2D eigenvalue weighted by Gasteiger charge is -1.97. The molecule has 0 radical (unpaired) electrons. The molecular weight excluding hydrogens is 202 g/mol.